The number of likely N-dealkylation sites (N-methyl/N-ethyl adjacent to an activating group) is 1. The van der Waals surface area contributed by atoms with Crippen molar-refractivity contribution in [3.05, 3.63) is 59.3 Å². The van der Waals surface area contributed by atoms with E-state index in [1.165, 1.54) is 13.0 Å². The molecule has 1 aromatic heterocycles. The van der Waals surface area contributed by atoms with Gasteiger partial charge in [-0.2, -0.15) is 18.3 Å². The van der Waals surface area contributed by atoms with Crippen molar-refractivity contribution in [2.45, 2.75) is 38.6 Å². The second-order valence-electron chi connectivity index (χ2n) is 8.12. The number of hydrogen-bond donors (Lipinski definition) is 1. The molecule has 0 bridgehead atoms. The third kappa shape index (κ3) is 4.58. The Bertz CT molecular complexity index is 1090. The lowest BCUT2D eigenvalue weighted by molar-refractivity contribution is -0.138. The number of fused-ring (bicyclic) bond motifs is 1. The SMILES string of the molecule is Cc1c([C@@H](C)Nc2nncc3ccc(OC4CCN(C)C4)cc23)cccc1C(F)(F)F. The number of hydrogen-bond acceptors (Lipinski definition) is 5. The quantitative estimate of drug-likeness (QED) is 0.602. The fourth-order valence-corrected chi connectivity index (χ4v) is 4.13. The lowest BCUT2D eigenvalue weighted by atomic mass is 9.97. The Morgan fingerprint density at radius 1 is 1.23 bits per heavy atom. The zero-order valence-corrected chi connectivity index (χ0v) is 17.7. The van der Waals surface area contributed by atoms with Crippen molar-refractivity contribution in [2.24, 2.45) is 0 Å². The Labute approximate surface area is 179 Å². The number of anilines is 1. The molecule has 1 unspecified atom stereocenters. The molecule has 0 radical (unpaired) electrons. The number of alkyl halides is 3. The molecule has 0 spiro atoms. The molecule has 2 atom stereocenters. The molecule has 2 heterocycles. The summed E-state index contributed by atoms with van der Waals surface area (Å²) in [4.78, 5) is 2.23. The van der Waals surface area contributed by atoms with Crippen molar-refractivity contribution in [1.29, 1.82) is 0 Å². The van der Waals surface area contributed by atoms with E-state index in [-0.39, 0.29) is 11.7 Å². The summed E-state index contributed by atoms with van der Waals surface area (Å²) in [5.74, 6) is 1.25. The van der Waals surface area contributed by atoms with Crippen LogP contribution in [-0.4, -0.2) is 41.3 Å². The van der Waals surface area contributed by atoms with E-state index in [2.05, 4.69) is 27.5 Å². The predicted octanol–water partition coefficient (Wildman–Crippen LogP) is 5.21. The molecule has 4 rings (SSSR count). The van der Waals surface area contributed by atoms with Gasteiger partial charge in [-0.3, -0.25) is 0 Å². The summed E-state index contributed by atoms with van der Waals surface area (Å²) >= 11 is 0. The van der Waals surface area contributed by atoms with Gasteiger partial charge in [-0.05, 0) is 62.7 Å². The normalized spacial score (nSPS) is 18.3. The van der Waals surface area contributed by atoms with Crippen LogP contribution in [0.1, 0.15) is 36.1 Å². The second-order valence-corrected chi connectivity index (χ2v) is 8.12. The van der Waals surface area contributed by atoms with Gasteiger partial charge < -0.3 is 15.0 Å². The van der Waals surface area contributed by atoms with Crippen LogP contribution >= 0.6 is 0 Å². The number of likely N-dealkylation sites (tertiary alicyclic amines) is 1. The molecule has 1 saturated heterocycles. The summed E-state index contributed by atoms with van der Waals surface area (Å²) < 4.78 is 46.0. The Kier molecular flexibility index (Phi) is 5.75. The molecule has 1 aliphatic rings. The van der Waals surface area contributed by atoms with Crippen LogP contribution < -0.4 is 10.1 Å². The zero-order valence-electron chi connectivity index (χ0n) is 17.7. The van der Waals surface area contributed by atoms with E-state index < -0.39 is 17.8 Å². The van der Waals surface area contributed by atoms with Gasteiger partial charge in [-0.1, -0.05) is 12.1 Å². The van der Waals surface area contributed by atoms with Gasteiger partial charge in [0.15, 0.2) is 5.82 Å². The minimum atomic E-state index is -4.39. The summed E-state index contributed by atoms with van der Waals surface area (Å²) in [7, 11) is 2.07. The minimum absolute atomic E-state index is 0.139. The molecule has 0 aliphatic carbocycles. The second kappa shape index (κ2) is 8.34. The highest BCUT2D eigenvalue weighted by atomic mass is 19.4. The van der Waals surface area contributed by atoms with E-state index in [1.807, 2.05) is 25.1 Å². The van der Waals surface area contributed by atoms with Gasteiger partial charge in [0.25, 0.3) is 0 Å². The molecule has 164 valence electrons. The molecule has 8 heteroatoms. The van der Waals surface area contributed by atoms with Crippen molar-refractivity contribution in [1.82, 2.24) is 15.1 Å². The summed E-state index contributed by atoms with van der Waals surface area (Å²) in [5.41, 5.74) is 0.146. The van der Waals surface area contributed by atoms with E-state index in [1.54, 1.807) is 12.3 Å². The maximum absolute atomic E-state index is 13.3. The highest BCUT2D eigenvalue weighted by molar-refractivity contribution is 5.92. The molecule has 1 fully saturated rings. The third-order valence-corrected chi connectivity index (χ3v) is 5.79. The van der Waals surface area contributed by atoms with Crippen LogP contribution in [-0.2, 0) is 6.18 Å². The molecule has 31 heavy (non-hydrogen) atoms. The molecular weight excluding hydrogens is 405 g/mol. The molecule has 2 aromatic carbocycles. The van der Waals surface area contributed by atoms with Crippen molar-refractivity contribution in [3.8, 4) is 5.75 Å². The Balaban J connectivity index is 1.61. The fraction of sp³-hybridized carbons (Fsp3) is 0.391. The van der Waals surface area contributed by atoms with Crippen LogP contribution in [0.25, 0.3) is 10.8 Å². The van der Waals surface area contributed by atoms with Gasteiger partial charge in [0.1, 0.15) is 11.9 Å². The van der Waals surface area contributed by atoms with Crippen LogP contribution in [0.4, 0.5) is 19.0 Å². The van der Waals surface area contributed by atoms with Crippen LogP contribution in [0.5, 0.6) is 5.75 Å². The van der Waals surface area contributed by atoms with Crippen LogP contribution in [0.2, 0.25) is 0 Å². The standard InChI is InChI=1S/C23H25F3N4O/c1-14-19(5-4-6-21(14)23(24,25)26)15(2)28-22-20-11-17(8-7-16(20)12-27-29-22)31-18-9-10-30(3)13-18/h4-8,11-12,15,18H,9-10,13H2,1-3H3,(H,28,29)/t15-,18?/m1/s1. The molecular formula is C23H25F3N4O. The lowest BCUT2D eigenvalue weighted by Gasteiger charge is -2.21. The average molecular weight is 430 g/mol. The van der Waals surface area contributed by atoms with Crippen molar-refractivity contribution in [2.75, 3.05) is 25.5 Å². The van der Waals surface area contributed by atoms with Gasteiger partial charge in [-0.25, -0.2) is 0 Å². The van der Waals surface area contributed by atoms with E-state index in [4.69, 9.17) is 4.74 Å². The van der Waals surface area contributed by atoms with E-state index >= 15 is 0 Å². The molecule has 1 N–H and O–H groups in total. The number of nitrogens with one attached hydrogen (secondary N) is 1. The highest BCUT2D eigenvalue weighted by Gasteiger charge is 2.33. The maximum Gasteiger partial charge on any atom is 0.416 e. The lowest BCUT2D eigenvalue weighted by Crippen LogP contribution is -2.21. The highest BCUT2D eigenvalue weighted by Crippen LogP contribution is 2.36. The number of ether oxygens (including phenoxy) is 1. The number of aromatic nitrogens is 2. The van der Waals surface area contributed by atoms with Gasteiger partial charge >= 0.3 is 6.18 Å². The van der Waals surface area contributed by atoms with Gasteiger partial charge in [0.05, 0.1) is 17.8 Å². The Morgan fingerprint density at radius 3 is 2.74 bits per heavy atom. The minimum Gasteiger partial charge on any atom is -0.489 e. The smallest absolute Gasteiger partial charge is 0.416 e. The largest absolute Gasteiger partial charge is 0.489 e. The summed E-state index contributed by atoms with van der Waals surface area (Å²) in [6, 6.07) is 9.59. The summed E-state index contributed by atoms with van der Waals surface area (Å²) in [5, 5.41) is 13.2. The van der Waals surface area contributed by atoms with Crippen LogP contribution in [0, 0.1) is 6.92 Å². The predicted molar refractivity (Wildman–Crippen MR) is 114 cm³/mol. The first-order valence-corrected chi connectivity index (χ1v) is 10.3. The van der Waals surface area contributed by atoms with Gasteiger partial charge in [0.2, 0.25) is 0 Å². The van der Waals surface area contributed by atoms with Crippen LogP contribution in [0.3, 0.4) is 0 Å². The van der Waals surface area contributed by atoms with E-state index in [0.717, 1.165) is 42.1 Å². The van der Waals surface area contributed by atoms with Gasteiger partial charge in [0, 0.05) is 23.9 Å². The van der Waals surface area contributed by atoms with Crippen LogP contribution in [0.15, 0.2) is 42.6 Å². The third-order valence-electron chi connectivity index (χ3n) is 5.79. The van der Waals surface area contributed by atoms with Crippen molar-refractivity contribution < 1.29 is 17.9 Å². The van der Waals surface area contributed by atoms with Crippen molar-refractivity contribution in [3.63, 3.8) is 0 Å². The Morgan fingerprint density at radius 2 is 2.03 bits per heavy atom. The molecule has 3 aromatic rings. The molecule has 5 nitrogen and oxygen atoms in total. The zero-order chi connectivity index (χ0) is 22.2. The van der Waals surface area contributed by atoms with E-state index in [9.17, 15) is 13.2 Å². The Hall–Kier alpha value is -2.87. The molecule has 0 amide bonds. The number of halogens is 3. The van der Waals surface area contributed by atoms with E-state index in [0.29, 0.717) is 11.4 Å². The fourth-order valence-electron chi connectivity index (χ4n) is 4.13. The first-order valence-electron chi connectivity index (χ1n) is 10.3. The average Bonchev–Trinajstić information content (AvgIpc) is 3.12. The number of rotatable bonds is 5. The van der Waals surface area contributed by atoms with Gasteiger partial charge in [-0.15, -0.1) is 5.10 Å². The first-order chi connectivity index (χ1) is 14.7. The maximum atomic E-state index is 13.3. The number of benzene rings is 2. The summed E-state index contributed by atoms with van der Waals surface area (Å²) in [6.07, 6.45) is -1.62. The number of nitrogens with zero attached hydrogens (tertiary/aromatic N) is 3. The van der Waals surface area contributed by atoms with Crippen molar-refractivity contribution >= 4 is 16.6 Å². The topological polar surface area (TPSA) is 50.3 Å². The molecule has 1 aliphatic heterocycles. The monoisotopic (exact) mass is 430 g/mol. The summed E-state index contributed by atoms with van der Waals surface area (Å²) in [6.45, 7) is 5.20. The first kappa shape index (κ1) is 21.4. The molecule has 0 saturated carbocycles.